The molecule has 0 bridgehead atoms. The van der Waals surface area contributed by atoms with E-state index in [0.717, 1.165) is 12.1 Å². The number of hydrogen-bond donors (Lipinski definition) is 1. The summed E-state index contributed by atoms with van der Waals surface area (Å²) >= 11 is 0. The second-order valence-electron chi connectivity index (χ2n) is 3.13. The maximum atomic E-state index is 13.0. The van der Waals surface area contributed by atoms with Crippen LogP contribution in [-0.2, 0) is 11.3 Å². The number of nitrogens with one attached hydrogen (secondary N) is 1. The van der Waals surface area contributed by atoms with E-state index in [1.165, 1.54) is 12.1 Å². The Bertz CT molecular complexity index is 305. The first-order chi connectivity index (χ1) is 7.27. The normalized spacial score (nSPS) is 10.3. The summed E-state index contributed by atoms with van der Waals surface area (Å²) in [7, 11) is 3.22. The Morgan fingerprint density at radius 2 is 2.13 bits per heavy atom. The number of ether oxygens (including phenoxy) is 2. The summed E-state index contributed by atoms with van der Waals surface area (Å²) in [5.74, 6) is 0.445. The van der Waals surface area contributed by atoms with Gasteiger partial charge in [0.15, 0.2) is 0 Å². The second-order valence-corrected chi connectivity index (χ2v) is 3.13. The van der Waals surface area contributed by atoms with Crippen molar-refractivity contribution >= 4 is 0 Å². The van der Waals surface area contributed by atoms with Gasteiger partial charge in [0.2, 0.25) is 0 Å². The van der Waals surface area contributed by atoms with Crippen LogP contribution in [0.4, 0.5) is 4.39 Å². The summed E-state index contributed by atoms with van der Waals surface area (Å²) in [6, 6.07) is 4.48. The Kier molecular flexibility index (Phi) is 5.07. The number of hydrogen-bond acceptors (Lipinski definition) is 3. The molecular formula is C11H16FNO2. The van der Waals surface area contributed by atoms with Gasteiger partial charge in [-0.05, 0) is 18.2 Å². The molecule has 0 heterocycles. The molecule has 0 spiro atoms. The molecule has 0 amide bonds. The highest BCUT2D eigenvalue weighted by Crippen LogP contribution is 2.18. The van der Waals surface area contributed by atoms with Crippen molar-refractivity contribution in [3.05, 3.63) is 29.6 Å². The summed E-state index contributed by atoms with van der Waals surface area (Å²) in [4.78, 5) is 0. The minimum Gasteiger partial charge on any atom is -0.496 e. The quantitative estimate of drug-likeness (QED) is 0.728. The van der Waals surface area contributed by atoms with Crippen LogP contribution in [-0.4, -0.2) is 27.4 Å². The lowest BCUT2D eigenvalue weighted by atomic mass is 10.2. The molecule has 1 rings (SSSR count). The van der Waals surface area contributed by atoms with E-state index in [2.05, 4.69) is 5.32 Å². The van der Waals surface area contributed by atoms with E-state index in [0.29, 0.717) is 18.9 Å². The number of methoxy groups -OCH3 is 2. The summed E-state index contributed by atoms with van der Waals surface area (Å²) in [6.07, 6.45) is 0. The van der Waals surface area contributed by atoms with Crippen molar-refractivity contribution in [1.29, 1.82) is 0 Å². The van der Waals surface area contributed by atoms with E-state index in [1.54, 1.807) is 20.3 Å². The zero-order valence-corrected chi connectivity index (χ0v) is 9.05. The molecule has 84 valence electrons. The van der Waals surface area contributed by atoms with Crippen molar-refractivity contribution in [3.63, 3.8) is 0 Å². The minimum atomic E-state index is -0.251. The molecule has 1 N–H and O–H groups in total. The Labute approximate surface area is 89.2 Å². The second kappa shape index (κ2) is 6.37. The lowest BCUT2D eigenvalue weighted by Gasteiger charge is -2.09. The molecule has 0 saturated heterocycles. The molecule has 0 saturated carbocycles. The summed E-state index contributed by atoms with van der Waals surface area (Å²) in [5, 5.41) is 3.13. The van der Waals surface area contributed by atoms with Crippen molar-refractivity contribution in [1.82, 2.24) is 5.32 Å². The van der Waals surface area contributed by atoms with E-state index in [1.807, 2.05) is 0 Å². The fraction of sp³-hybridized carbons (Fsp3) is 0.455. The summed E-state index contributed by atoms with van der Waals surface area (Å²) in [5.41, 5.74) is 0.814. The van der Waals surface area contributed by atoms with Crippen LogP contribution in [0.5, 0.6) is 5.75 Å². The van der Waals surface area contributed by atoms with Gasteiger partial charge in [-0.2, -0.15) is 0 Å². The predicted octanol–water partition coefficient (Wildman–Crippen LogP) is 1.57. The third-order valence-corrected chi connectivity index (χ3v) is 2.04. The van der Waals surface area contributed by atoms with Gasteiger partial charge in [-0.25, -0.2) is 4.39 Å². The molecule has 0 aliphatic rings. The Balaban J connectivity index is 2.54. The van der Waals surface area contributed by atoms with Crippen LogP contribution in [0, 0.1) is 5.82 Å². The van der Waals surface area contributed by atoms with Crippen LogP contribution in [0.15, 0.2) is 18.2 Å². The van der Waals surface area contributed by atoms with Gasteiger partial charge in [0, 0.05) is 25.8 Å². The number of rotatable bonds is 6. The van der Waals surface area contributed by atoms with Crippen LogP contribution in [0.25, 0.3) is 0 Å². The van der Waals surface area contributed by atoms with Gasteiger partial charge in [-0.3, -0.25) is 0 Å². The lowest BCUT2D eigenvalue weighted by molar-refractivity contribution is 0.199. The van der Waals surface area contributed by atoms with Crippen molar-refractivity contribution in [2.24, 2.45) is 0 Å². The third-order valence-electron chi connectivity index (χ3n) is 2.04. The topological polar surface area (TPSA) is 30.5 Å². The first-order valence-electron chi connectivity index (χ1n) is 4.80. The van der Waals surface area contributed by atoms with Gasteiger partial charge >= 0.3 is 0 Å². The van der Waals surface area contributed by atoms with Gasteiger partial charge in [0.05, 0.1) is 13.7 Å². The molecule has 0 unspecified atom stereocenters. The smallest absolute Gasteiger partial charge is 0.123 e. The molecule has 0 fully saturated rings. The van der Waals surface area contributed by atoms with Crippen LogP contribution in [0.3, 0.4) is 0 Å². The fourth-order valence-electron chi connectivity index (χ4n) is 1.28. The fourth-order valence-corrected chi connectivity index (χ4v) is 1.28. The first kappa shape index (κ1) is 11.9. The molecule has 0 atom stereocenters. The first-order valence-corrected chi connectivity index (χ1v) is 4.80. The molecule has 0 aliphatic heterocycles. The van der Waals surface area contributed by atoms with Crippen LogP contribution >= 0.6 is 0 Å². The van der Waals surface area contributed by atoms with Gasteiger partial charge in [-0.15, -0.1) is 0 Å². The van der Waals surface area contributed by atoms with Crippen molar-refractivity contribution < 1.29 is 13.9 Å². The molecule has 0 aromatic heterocycles. The summed E-state index contributed by atoms with van der Waals surface area (Å²) < 4.78 is 23.0. The van der Waals surface area contributed by atoms with Gasteiger partial charge in [0.25, 0.3) is 0 Å². The van der Waals surface area contributed by atoms with Gasteiger partial charge < -0.3 is 14.8 Å². The molecule has 4 heteroatoms. The largest absolute Gasteiger partial charge is 0.496 e. The highest BCUT2D eigenvalue weighted by Gasteiger charge is 2.03. The zero-order valence-electron chi connectivity index (χ0n) is 9.05. The highest BCUT2D eigenvalue weighted by atomic mass is 19.1. The molecule has 0 aliphatic carbocycles. The van der Waals surface area contributed by atoms with Crippen molar-refractivity contribution in [3.8, 4) is 5.75 Å². The maximum Gasteiger partial charge on any atom is 0.123 e. The Hall–Kier alpha value is -1.13. The predicted molar refractivity (Wildman–Crippen MR) is 56.5 cm³/mol. The standard InChI is InChI=1S/C11H16FNO2/c1-14-6-5-13-8-9-7-10(12)3-4-11(9)15-2/h3-4,7,13H,5-6,8H2,1-2H3. The molecule has 1 aromatic rings. The molecule has 3 nitrogen and oxygen atoms in total. The van der Waals surface area contributed by atoms with Crippen LogP contribution < -0.4 is 10.1 Å². The van der Waals surface area contributed by atoms with E-state index in [4.69, 9.17) is 9.47 Å². The molecule has 0 radical (unpaired) electrons. The lowest BCUT2D eigenvalue weighted by Crippen LogP contribution is -2.19. The van der Waals surface area contributed by atoms with Crippen LogP contribution in [0.1, 0.15) is 5.56 Å². The third kappa shape index (κ3) is 3.85. The van der Waals surface area contributed by atoms with E-state index >= 15 is 0 Å². The molecule has 15 heavy (non-hydrogen) atoms. The van der Waals surface area contributed by atoms with E-state index in [-0.39, 0.29) is 5.82 Å². The maximum absolute atomic E-state index is 13.0. The zero-order chi connectivity index (χ0) is 11.1. The van der Waals surface area contributed by atoms with Crippen LogP contribution in [0.2, 0.25) is 0 Å². The highest BCUT2D eigenvalue weighted by molar-refractivity contribution is 5.33. The van der Waals surface area contributed by atoms with Gasteiger partial charge in [-0.1, -0.05) is 0 Å². The average Bonchev–Trinajstić information content (AvgIpc) is 2.25. The number of halogens is 1. The van der Waals surface area contributed by atoms with E-state index < -0.39 is 0 Å². The molecular weight excluding hydrogens is 197 g/mol. The Morgan fingerprint density at radius 3 is 2.80 bits per heavy atom. The monoisotopic (exact) mass is 213 g/mol. The van der Waals surface area contributed by atoms with Gasteiger partial charge in [0.1, 0.15) is 11.6 Å². The average molecular weight is 213 g/mol. The minimum absolute atomic E-state index is 0.251. The number of benzene rings is 1. The molecule has 1 aromatic carbocycles. The van der Waals surface area contributed by atoms with Crippen molar-refractivity contribution in [2.75, 3.05) is 27.4 Å². The van der Waals surface area contributed by atoms with Crippen molar-refractivity contribution in [2.45, 2.75) is 6.54 Å². The SMILES string of the molecule is COCCNCc1cc(F)ccc1OC. The Morgan fingerprint density at radius 1 is 1.33 bits per heavy atom. The van der Waals surface area contributed by atoms with E-state index in [9.17, 15) is 4.39 Å². The summed E-state index contributed by atoms with van der Waals surface area (Å²) in [6.45, 7) is 1.94.